The number of ether oxygens (including phenoxy) is 4. The van der Waals surface area contributed by atoms with Crippen LogP contribution in [0.1, 0.15) is 82.9 Å². The van der Waals surface area contributed by atoms with Crippen molar-refractivity contribution < 1.29 is 82.9 Å². The Morgan fingerprint density at radius 3 is 1.49 bits per heavy atom. The van der Waals surface area contributed by atoms with Crippen LogP contribution in [-0.4, -0.2) is 89.0 Å². The van der Waals surface area contributed by atoms with E-state index in [9.17, 15) is 42.6 Å². The van der Waals surface area contributed by atoms with Crippen LogP contribution >= 0.6 is 34.3 Å². The molecule has 508 valence electrons. The molecule has 0 aliphatic carbocycles. The predicted molar refractivity (Wildman–Crippen MR) is 349 cm³/mol. The van der Waals surface area contributed by atoms with E-state index in [0.717, 1.165) is 47.5 Å². The van der Waals surface area contributed by atoms with E-state index in [1.807, 2.05) is 5.38 Å². The molecule has 0 aliphatic rings. The van der Waals surface area contributed by atoms with E-state index < -0.39 is 64.5 Å². The van der Waals surface area contributed by atoms with Gasteiger partial charge in [-0.2, -0.15) is 15.6 Å². The average Bonchev–Trinajstić information content (AvgIpc) is 1.71. The number of halogens is 6. The maximum absolute atomic E-state index is 15.2. The number of rotatable bonds is 21. The molecule has 0 spiro atoms. The van der Waals surface area contributed by atoms with Crippen molar-refractivity contribution >= 4 is 69.8 Å². The Labute approximate surface area is 579 Å². The van der Waals surface area contributed by atoms with Crippen LogP contribution < -0.4 is 26.8 Å². The second kappa shape index (κ2) is 34.5. The molecule has 0 radical (unpaired) electrons. The minimum Gasteiger partial charge on any atom is -1.00 e. The monoisotopic (exact) mass is 1420 g/mol. The molecule has 22 nitrogen and oxygen atoms in total. The molecular formula is C68H62Cl2F4N12O10S2. The Morgan fingerprint density at radius 1 is 0.633 bits per heavy atom. The summed E-state index contributed by atoms with van der Waals surface area (Å²) < 4.78 is 82.6. The van der Waals surface area contributed by atoms with Crippen LogP contribution in [0.2, 0.25) is 0 Å². The zero-order chi connectivity index (χ0) is 70.0. The molecule has 0 saturated heterocycles. The standard InChI is InChI=1S/C34H31F2N6O5S.C22H17F2N5OS.C12H14ClNO4.ClH/c1-22(32-39-30(17-48-32)25-10-8-24(15-37)9-11-25)34(45,28-14-27(35)12-13-29(28)36)18-42-20-41(19-38-42)21-47-33(44)40(3)31-7-5-4-6-26(31)16-46-23(2)43;1-14(21-28-20(10-31-21)16-4-2-15(9-25)3-5-16)22(30,11-29-13-26-12-27-29)18-8-17(23)6-7-19(18)24;1-9(15)17-7-10-5-3-4-6-11(10)14(2)12(16)18-8-13;/h4-14,17,19-20,22,45H,16,18,21H2,1-3H3;2-8,10,12-14,30H,11H2,1H3;3-6H,7-8H2,1-2H3;1H/q+1;;;/p-1/t22-,34+;14-,22+;;/m00../s1. The van der Waals surface area contributed by atoms with Gasteiger partial charge in [-0.15, -0.1) is 27.4 Å². The van der Waals surface area contributed by atoms with Gasteiger partial charge in [0.05, 0.1) is 62.6 Å². The van der Waals surface area contributed by atoms with Gasteiger partial charge in [0.25, 0.3) is 6.33 Å². The van der Waals surface area contributed by atoms with E-state index in [4.69, 9.17) is 36.3 Å². The summed E-state index contributed by atoms with van der Waals surface area (Å²) in [6.45, 7) is 5.39. The average molecular weight is 1420 g/mol. The first-order chi connectivity index (χ1) is 46.4. The van der Waals surface area contributed by atoms with Crippen molar-refractivity contribution in [2.45, 2.75) is 83.8 Å². The van der Waals surface area contributed by atoms with Gasteiger partial charge in [-0.05, 0) is 72.8 Å². The van der Waals surface area contributed by atoms with E-state index in [2.05, 4.69) is 42.0 Å². The summed E-state index contributed by atoms with van der Waals surface area (Å²) >= 11 is 7.89. The summed E-state index contributed by atoms with van der Waals surface area (Å²) in [7, 11) is 3.07. The summed E-state index contributed by atoms with van der Waals surface area (Å²) in [5, 5.41) is 54.8. The third kappa shape index (κ3) is 19.0. The van der Waals surface area contributed by atoms with E-state index in [1.54, 1.807) is 123 Å². The third-order valence-electron chi connectivity index (χ3n) is 15.2. The fourth-order valence-electron chi connectivity index (χ4n) is 9.81. The highest BCUT2D eigenvalue weighted by atomic mass is 35.5. The molecule has 2 N–H and O–H groups in total. The Kier molecular flexibility index (Phi) is 26.4. The Morgan fingerprint density at radius 2 is 1.07 bits per heavy atom. The normalized spacial score (nSPS) is 12.5. The van der Waals surface area contributed by atoms with Gasteiger partial charge >= 0.3 is 24.1 Å². The first kappa shape index (κ1) is 74.9. The highest BCUT2D eigenvalue weighted by Crippen LogP contribution is 2.43. The van der Waals surface area contributed by atoms with Crippen molar-refractivity contribution in [2.24, 2.45) is 0 Å². The molecule has 6 aromatic carbocycles. The second-order valence-electron chi connectivity index (χ2n) is 21.6. The quantitative estimate of drug-likeness (QED) is 0.0223. The lowest BCUT2D eigenvalue weighted by atomic mass is 9.82. The molecular weight excluding hydrogens is 1360 g/mol. The van der Waals surface area contributed by atoms with Gasteiger partial charge < -0.3 is 41.6 Å². The molecule has 98 heavy (non-hydrogen) atoms. The number of alkyl halides is 1. The Hall–Kier alpha value is -10.5. The van der Waals surface area contributed by atoms with Gasteiger partial charge in [0, 0.05) is 89.0 Å². The minimum absolute atomic E-state index is 0. The Bertz CT molecular complexity index is 4460. The van der Waals surface area contributed by atoms with Crippen molar-refractivity contribution in [3.63, 3.8) is 0 Å². The lowest BCUT2D eigenvalue weighted by molar-refractivity contribution is -0.727. The summed E-state index contributed by atoms with van der Waals surface area (Å²) in [6, 6.07) is 37.6. The first-order valence-corrected chi connectivity index (χ1v) is 31.6. The fourth-order valence-corrected chi connectivity index (χ4v) is 11.8. The molecule has 30 heteroatoms. The van der Waals surface area contributed by atoms with E-state index in [-0.39, 0.29) is 68.6 Å². The van der Waals surface area contributed by atoms with Crippen LogP contribution in [0.15, 0.2) is 170 Å². The SMILES string of the molecule is CC(=O)OCc1ccccc1N(C)C(=O)OCCl.CC(=O)OCc1ccccc1N(C)C(=O)OC[n+]1cnn(C[C@](O)(c2cc(F)ccc2F)[C@@H](C)c2nc(-c3ccc(C#N)cc3)cs2)c1.C[C@@H](c1nc(-c2ccc(C#N)cc2)cs1)[C@](O)(Cn1cncn1)c1cc(F)ccc1F.[Cl-]. The minimum atomic E-state index is -2.02. The van der Waals surface area contributed by atoms with Crippen molar-refractivity contribution in [1.29, 1.82) is 10.5 Å². The van der Waals surface area contributed by atoms with Gasteiger partial charge in [0.15, 0.2) is 6.07 Å². The number of carbonyl (C=O) groups is 4. The highest BCUT2D eigenvalue weighted by Gasteiger charge is 2.44. The number of amides is 2. The first-order valence-electron chi connectivity index (χ1n) is 29.3. The van der Waals surface area contributed by atoms with Gasteiger partial charge in [-0.1, -0.05) is 86.1 Å². The number of aromatic nitrogens is 8. The lowest BCUT2D eigenvalue weighted by Gasteiger charge is -2.33. The Balaban J connectivity index is 0.000000230. The topological polar surface area (TPSA) is 278 Å². The maximum atomic E-state index is 15.2. The summed E-state index contributed by atoms with van der Waals surface area (Å²) in [6.07, 6.45) is 4.26. The van der Waals surface area contributed by atoms with Crippen LogP contribution in [0.3, 0.4) is 0 Å². The number of hydrogen-bond donors (Lipinski definition) is 2. The van der Waals surface area contributed by atoms with Crippen molar-refractivity contribution in [2.75, 3.05) is 30.0 Å². The predicted octanol–water partition coefficient (Wildman–Crippen LogP) is 9.19. The molecule has 4 aromatic heterocycles. The number of hydrogen-bond acceptors (Lipinski definition) is 19. The maximum Gasteiger partial charge on any atom is 0.416 e. The van der Waals surface area contributed by atoms with E-state index in [1.165, 1.54) is 92.6 Å². The molecule has 2 amide bonds. The van der Waals surface area contributed by atoms with E-state index >= 15 is 4.39 Å². The number of anilines is 2. The van der Waals surface area contributed by atoms with Crippen LogP contribution in [0.4, 0.5) is 38.5 Å². The largest absolute Gasteiger partial charge is 1.00 e. The highest BCUT2D eigenvalue weighted by molar-refractivity contribution is 7.10. The van der Waals surface area contributed by atoms with E-state index in [0.29, 0.717) is 55.0 Å². The lowest BCUT2D eigenvalue weighted by Crippen LogP contribution is -3.00. The van der Waals surface area contributed by atoms with Gasteiger partial charge in [-0.3, -0.25) is 19.4 Å². The third-order valence-corrected chi connectivity index (χ3v) is 17.3. The summed E-state index contributed by atoms with van der Waals surface area (Å²) in [5.74, 6) is -5.26. The number of carbonyl (C=O) groups excluding carboxylic acids is 4. The second-order valence-corrected chi connectivity index (χ2v) is 23.6. The number of para-hydroxylation sites is 2. The van der Waals surface area contributed by atoms with Gasteiger partial charge in [0.2, 0.25) is 13.1 Å². The van der Waals surface area contributed by atoms with Gasteiger partial charge in [-0.25, -0.2) is 51.4 Å². The molecule has 10 aromatic rings. The molecule has 0 saturated carbocycles. The molecule has 0 fully saturated rings. The number of nitrogens with zero attached hydrogens (tertiary/aromatic N) is 12. The molecule has 0 aliphatic heterocycles. The molecule has 0 bridgehead atoms. The fraction of sp³-hybridized carbons (Fsp3) is 0.235. The van der Waals surface area contributed by atoms with Crippen LogP contribution in [0, 0.1) is 45.9 Å². The summed E-state index contributed by atoms with van der Waals surface area (Å²) in [4.78, 5) is 62.3. The van der Waals surface area contributed by atoms with Gasteiger partial charge in [0.1, 0.15) is 66.9 Å². The number of thiazole rings is 2. The van der Waals surface area contributed by atoms with Crippen LogP contribution in [0.25, 0.3) is 22.5 Å². The molecule has 0 unspecified atom stereocenters. The molecule has 4 atom stereocenters. The zero-order valence-corrected chi connectivity index (χ0v) is 56.3. The number of esters is 2. The number of aliphatic hydroxyl groups is 2. The number of nitriles is 2. The smallest absolute Gasteiger partial charge is 0.416 e. The molecule has 10 rings (SSSR count). The summed E-state index contributed by atoms with van der Waals surface area (Å²) in [5.41, 5.74) is 1.99. The van der Waals surface area contributed by atoms with Crippen molar-refractivity contribution in [3.05, 3.63) is 236 Å². The zero-order valence-electron chi connectivity index (χ0n) is 53.2. The van der Waals surface area contributed by atoms with Crippen LogP contribution in [0.5, 0.6) is 0 Å². The van der Waals surface area contributed by atoms with Crippen molar-refractivity contribution in [3.8, 4) is 34.7 Å². The van der Waals surface area contributed by atoms with Crippen LogP contribution in [-0.2, 0) is 72.8 Å². The number of benzene rings is 6. The molecule has 4 heterocycles. The van der Waals surface area contributed by atoms with Crippen molar-refractivity contribution in [1.82, 2.24) is 34.5 Å².